The van der Waals surface area contributed by atoms with Crippen molar-refractivity contribution in [3.05, 3.63) is 35.9 Å². The maximum absolute atomic E-state index is 9.60. The molecule has 2 atom stereocenters. The van der Waals surface area contributed by atoms with E-state index in [9.17, 15) is 10.2 Å². The predicted molar refractivity (Wildman–Crippen MR) is 66.8 cm³/mol. The van der Waals surface area contributed by atoms with Gasteiger partial charge < -0.3 is 20.3 Å². The van der Waals surface area contributed by atoms with E-state index in [1.807, 2.05) is 37.3 Å². The molecule has 3 N–H and O–H groups in total. The molecule has 0 amide bonds. The molecule has 0 fully saturated rings. The average molecular weight is 239 g/mol. The van der Waals surface area contributed by atoms with Crippen LogP contribution in [-0.2, 0) is 4.74 Å². The number of hydrogen-bond donors (Lipinski definition) is 3. The van der Waals surface area contributed by atoms with Gasteiger partial charge in [0, 0.05) is 13.2 Å². The van der Waals surface area contributed by atoms with Crippen molar-refractivity contribution in [2.24, 2.45) is 0 Å². The van der Waals surface area contributed by atoms with Crippen molar-refractivity contribution in [2.75, 3.05) is 26.4 Å². The molecule has 0 aliphatic rings. The molecule has 96 valence electrons. The summed E-state index contributed by atoms with van der Waals surface area (Å²) in [7, 11) is 0. The molecule has 1 aromatic carbocycles. The number of ether oxygens (including phenoxy) is 1. The average Bonchev–Trinajstić information content (AvgIpc) is 2.38. The highest BCUT2D eigenvalue weighted by molar-refractivity contribution is 5.18. The van der Waals surface area contributed by atoms with Crippen LogP contribution in [0.3, 0.4) is 0 Å². The molecule has 0 spiro atoms. The molecule has 0 aromatic heterocycles. The summed E-state index contributed by atoms with van der Waals surface area (Å²) < 4.78 is 5.11. The summed E-state index contributed by atoms with van der Waals surface area (Å²) in [6.45, 7) is 3.21. The number of hydrogen-bond acceptors (Lipinski definition) is 4. The van der Waals surface area contributed by atoms with E-state index in [2.05, 4.69) is 5.32 Å². The summed E-state index contributed by atoms with van der Waals surface area (Å²) in [4.78, 5) is 0. The lowest BCUT2D eigenvalue weighted by Crippen LogP contribution is -2.34. The maximum atomic E-state index is 9.60. The predicted octanol–water partition coefficient (Wildman–Crippen LogP) is 0.707. The molecular weight excluding hydrogens is 218 g/mol. The van der Waals surface area contributed by atoms with Gasteiger partial charge >= 0.3 is 0 Å². The van der Waals surface area contributed by atoms with Crippen LogP contribution in [0, 0.1) is 0 Å². The first-order valence-electron chi connectivity index (χ1n) is 5.93. The van der Waals surface area contributed by atoms with Crippen LogP contribution in [0.2, 0.25) is 0 Å². The van der Waals surface area contributed by atoms with Crippen molar-refractivity contribution in [3.8, 4) is 0 Å². The lowest BCUT2D eigenvalue weighted by atomic mass is 10.1. The molecule has 4 nitrogen and oxygen atoms in total. The lowest BCUT2D eigenvalue weighted by Gasteiger charge is -2.19. The lowest BCUT2D eigenvalue weighted by molar-refractivity contribution is 0.0401. The van der Waals surface area contributed by atoms with E-state index in [1.165, 1.54) is 0 Å². The smallest absolute Gasteiger partial charge is 0.0897 e. The standard InChI is InChI=1S/C13H21NO3/c1-2-17-10-12(16)8-14-13(9-15)11-6-4-3-5-7-11/h3-7,12-16H,2,8-10H2,1H3. The number of benzene rings is 1. The summed E-state index contributed by atoms with van der Waals surface area (Å²) in [6.07, 6.45) is -0.548. The van der Waals surface area contributed by atoms with E-state index >= 15 is 0 Å². The van der Waals surface area contributed by atoms with Crippen LogP contribution >= 0.6 is 0 Å². The topological polar surface area (TPSA) is 61.7 Å². The number of aliphatic hydroxyl groups excluding tert-OH is 2. The van der Waals surface area contributed by atoms with Gasteiger partial charge in [0.25, 0.3) is 0 Å². The first kappa shape index (κ1) is 14.1. The van der Waals surface area contributed by atoms with E-state index in [4.69, 9.17) is 4.74 Å². The van der Waals surface area contributed by atoms with Crippen molar-refractivity contribution in [2.45, 2.75) is 19.1 Å². The SMILES string of the molecule is CCOCC(O)CNC(CO)c1ccccc1. The van der Waals surface area contributed by atoms with Crippen LogP contribution in [-0.4, -0.2) is 42.7 Å². The molecular formula is C13H21NO3. The molecule has 0 radical (unpaired) electrons. The zero-order chi connectivity index (χ0) is 12.5. The summed E-state index contributed by atoms with van der Waals surface area (Å²) in [5.41, 5.74) is 1.01. The van der Waals surface area contributed by atoms with Crippen LogP contribution < -0.4 is 5.32 Å². The molecule has 4 heteroatoms. The second-order valence-electron chi connectivity index (χ2n) is 3.87. The molecule has 0 heterocycles. The largest absolute Gasteiger partial charge is 0.394 e. The highest BCUT2D eigenvalue weighted by Crippen LogP contribution is 2.11. The molecule has 0 saturated heterocycles. The monoisotopic (exact) mass is 239 g/mol. The third-order valence-corrected chi connectivity index (χ3v) is 2.50. The molecule has 0 saturated carbocycles. The Hall–Kier alpha value is -0.940. The Morgan fingerprint density at radius 1 is 1.29 bits per heavy atom. The van der Waals surface area contributed by atoms with Crippen LogP contribution in [0.4, 0.5) is 0 Å². The van der Waals surface area contributed by atoms with Gasteiger partial charge in [-0.2, -0.15) is 0 Å². The van der Waals surface area contributed by atoms with Gasteiger partial charge in [0.1, 0.15) is 0 Å². The molecule has 1 aromatic rings. The normalized spacial score (nSPS) is 14.5. The minimum absolute atomic E-state index is 0.00533. The Labute approximate surface area is 102 Å². The van der Waals surface area contributed by atoms with Crippen molar-refractivity contribution in [1.29, 1.82) is 0 Å². The van der Waals surface area contributed by atoms with Crippen LogP contribution in [0.1, 0.15) is 18.5 Å². The third kappa shape index (κ3) is 5.28. The van der Waals surface area contributed by atoms with Crippen molar-refractivity contribution in [1.82, 2.24) is 5.32 Å². The van der Waals surface area contributed by atoms with Crippen molar-refractivity contribution >= 4 is 0 Å². The highest BCUT2D eigenvalue weighted by atomic mass is 16.5. The fourth-order valence-corrected chi connectivity index (χ4v) is 1.56. The van der Waals surface area contributed by atoms with Gasteiger partial charge in [-0.25, -0.2) is 0 Å². The molecule has 17 heavy (non-hydrogen) atoms. The molecule has 0 aliphatic carbocycles. The minimum atomic E-state index is -0.548. The molecule has 0 aliphatic heterocycles. The van der Waals surface area contributed by atoms with Gasteiger partial charge in [0.05, 0.1) is 25.4 Å². The van der Waals surface area contributed by atoms with Crippen LogP contribution in [0.5, 0.6) is 0 Å². The Balaban J connectivity index is 2.38. The minimum Gasteiger partial charge on any atom is -0.394 e. The van der Waals surface area contributed by atoms with Gasteiger partial charge in [-0.3, -0.25) is 0 Å². The third-order valence-electron chi connectivity index (χ3n) is 2.50. The molecule has 0 bridgehead atoms. The van der Waals surface area contributed by atoms with Crippen molar-refractivity contribution < 1.29 is 14.9 Å². The van der Waals surface area contributed by atoms with Gasteiger partial charge in [-0.1, -0.05) is 30.3 Å². The van der Waals surface area contributed by atoms with Crippen LogP contribution in [0.15, 0.2) is 30.3 Å². The Morgan fingerprint density at radius 2 is 2.00 bits per heavy atom. The quantitative estimate of drug-likeness (QED) is 0.625. The fraction of sp³-hybridized carbons (Fsp3) is 0.538. The van der Waals surface area contributed by atoms with Gasteiger partial charge in [-0.15, -0.1) is 0 Å². The molecule has 2 unspecified atom stereocenters. The fourth-order valence-electron chi connectivity index (χ4n) is 1.56. The summed E-state index contributed by atoms with van der Waals surface area (Å²) in [5.74, 6) is 0. The summed E-state index contributed by atoms with van der Waals surface area (Å²) >= 11 is 0. The zero-order valence-corrected chi connectivity index (χ0v) is 10.2. The van der Waals surface area contributed by atoms with Gasteiger partial charge in [0.2, 0.25) is 0 Å². The van der Waals surface area contributed by atoms with E-state index in [-0.39, 0.29) is 12.6 Å². The second-order valence-corrected chi connectivity index (χ2v) is 3.87. The van der Waals surface area contributed by atoms with Crippen LogP contribution in [0.25, 0.3) is 0 Å². The first-order chi connectivity index (χ1) is 8.27. The van der Waals surface area contributed by atoms with E-state index < -0.39 is 6.10 Å². The molecule has 1 rings (SSSR count). The van der Waals surface area contributed by atoms with Gasteiger partial charge in [-0.05, 0) is 12.5 Å². The van der Waals surface area contributed by atoms with E-state index in [0.717, 1.165) is 5.56 Å². The zero-order valence-electron chi connectivity index (χ0n) is 10.2. The first-order valence-corrected chi connectivity index (χ1v) is 5.93. The Kier molecular flexibility index (Phi) is 6.81. The summed E-state index contributed by atoms with van der Waals surface area (Å²) in [6, 6.07) is 9.53. The Bertz CT molecular complexity index is 292. The highest BCUT2D eigenvalue weighted by Gasteiger charge is 2.11. The number of aliphatic hydroxyl groups is 2. The van der Waals surface area contributed by atoms with E-state index in [0.29, 0.717) is 19.8 Å². The van der Waals surface area contributed by atoms with Gasteiger partial charge in [0.15, 0.2) is 0 Å². The number of rotatable bonds is 8. The van der Waals surface area contributed by atoms with Crippen molar-refractivity contribution in [3.63, 3.8) is 0 Å². The van der Waals surface area contributed by atoms with E-state index in [1.54, 1.807) is 0 Å². The number of nitrogens with one attached hydrogen (secondary N) is 1. The summed E-state index contributed by atoms with van der Waals surface area (Å²) in [5, 5.41) is 22.0. The maximum Gasteiger partial charge on any atom is 0.0897 e. The second kappa shape index (κ2) is 8.20. The Morgan fingerprint density at radius 3 is 2.59 bits per heavy atom.